The molecule has 5 atom stereocenters. The van der Waals surface area contributed by atoms with Gasteiger partial charge in [-0.15, -0.1) is 0 Å². The van der Waals surface area contributed by atoms with Crippen molar-refractivity contribution in [1.29, 1.82) is 0 Å². The molecule has 1 aromatic carbocycles. The fourth-order valence-corrected chi connectivity index (χ4v) is 7.94. The van der Waals surface area contributed by atoms with Crippen molar-refractivity contribution in [2.45, 2.75) is 24.9 Å². The van der Waals surface area contributed by atoms with Crippen LogP contribution in [0.15, 0.2) is 30.3 Å². The van der Waals surface area contributed by atoms with E-state index in [4.69, 9.17) is 4.52 Å². The average Bonchev–Trinajstić information content (AvgIpc) is 2.86. The predicted octanol–water partition coefficient (Wildman–Crippen LogP) is 2.60. The first kappa shape index (κ1) is 11.9. The van der Waals surface area contributed by atoms with Crippen molar-refractivity contribution < 1.29 is 13.9 Å². The molecule has 0 N–H and O–H groups in total. The summed E-state index contributed by atoms with van der Waals surface area (Å²) in [5, 5.41) is 0.316. The standard InChI is InChI=1S/C15H17O3P/c1-15-12-7-8-13(15)14(16)11(12)9-18-19(15,17)10-5-3-2-4-6-10/h2-6,11-13H,7-9H2,1H3/t11-,12?,13?,15?,19?/m1/s1. The zero-order chi connectivity index (χ0) is 13.3. The zero-order valence-electron chi connectivity index (χ0n) is 10.9. The molecule has 2 aliphatic carbocycles. The van der Waals surface area contributed by atoms with Crippen LogP contribution in [0.4, 0.5) is 0 Å². The number of hydrogen-bond donors (Lipinski definition) is 0. The topological polar surface area (TPSA) is 43.4 Å². The van der Waals surface area contributed by atoms with E-state index in [1.54, 1.807) is 0 Å². The molecule has 4 bridgehead atoms. The Morgan fingerprint density at radius 1 is 1.26 bits per heavy atom. The number of ketones is 1. The number of hydrogen-bond acceptors (Lipinski definition) is 3. The highest BCUT2D eigenvalue weighted by atomic mass is 31.2. The first-order chi connectivity index (χ1) is 9.09. The van der Waals surface area contributed by atoms with Gasteiger partial charge < -0.3 is 4.52 Å². The first-order valence-corrected chi connectivity index (χ1v) is 8.55. The van der Waals surface area contributed by atoms with Gasteiger partial charge >= 0.3 is 0 Å². The molecule has 3 nitrogen and oxygen atoms in total. The lowest BCUT2D eigenvalue weighted by molar-refractivity contribution is -0.126. The average molecular weight is 276 g/mol. The lowest BCUT2D eigenvalue weighted by Crippen LogP contribution is -2.40. The number of carbonyl (C=O) groups is 1. The second-order valence-electron chi connectivity index (χ2n) is 6.15. The molecule has 4 rings (SSSR count). The van der Waals surface area contributed by atoms with Crippen molar-refractivity contribution in [3.8, 4) is 0 Å². The van der Waals surface area contributed by atoms with Gasteiger partial charge in [-0.05, 0) is 37.8 Å². The molecular formula is C15H17O3P. The molecule has 19 heavy (non-hydrogen) atoms. The predicted molar refractivity (Wildman–Crippen MR) is 72.8 cm³/mol. The lowest BCUT2D eigenvalue weighted by Gasteiger charge is -2.41. The van der Waals surface area contributed by atoms with Crippen molar-refractivity contribution >= 4 is 18.5 Å². The van der Waals surface area contributed by atoms with E-state index in [1.807, 2.05) is 37.3 Å². The normalized spacial score (nSPS) is 47.6. The number of benzene rings is 1. The van der Waals surface area contributed by atoms with Gasteiger partial charge in [-0.25, -0.2) is 0 Å². The van der Waals surface area contributed by atoms with Gasteiger partial charge in [-0.3, -0.25) is 9.36 Å². The molecule has 0 spiro atoms. The van der Waals surface area contributed by atoms with Gasteiger partial charge in [0.2, 0.25) is 7.37 Å². The van der Waals surface area contributed by atoms with Crippen LogP contribution in [0.1, 0.15) is 19.8 Å². The second kappa shape index (κ2) is 3.59. The van der Waals surface area contributed by atoms with E-state index in [0.717, 1.165) is 18.1 Å². The minimum Gasteiger partial charge on any atom is -0.324 e. The number of rotatable bonds is 1. The fourth-order valence-electron chi connectivity index (χ4n) is 4.61. The highest BCUT2D eigenvalue weighted by Crippen LogP contribution is 2.75. The van der Waals surface area contributed by atoms with E-state index >= 15 is 0 Å². The van der Waals surface area contributed by atoms with Gasteiger partial charge in [0.15, 0.2) is 0 Å². The smallest absolute Gasteiger partial charge is 0.238 e. The minimum atomic E-state index is -2.95. The number of Topliss-reactive ketones (excluding diaryl/α,β-unsaturated/α-hetero) is 1. The quantitative estimate of drug-likeness (QED) is 0.740. The van der Waals surface area contributed by atoms with Gasteiger partial charge in [0.25, 0.3) is 0 Å². The summed E-state index contributed by atoms with van der Waals surface area (Å²) in [5.74, 6) is 0.489. The Morgan fingerprint density at radius 3 is 2.74 bits per heavy atom. The third kappa shape index (κ3) is 1.19. The van der Waals surface area contributed by atoms with Crippen molar-refractivity contribution in [1.82, 2.24) is 0 Å². The summed E-state index contributed by atoms with van der Waals surface area (Å²) in [4.78, 5) is 12.4. The molecule has 4 unspecified atom stereocenters. The Balaban J connectivity index is 1.92. The molecule has 0 aromatic heterocycles. The monoisotopic (exact) mass is 276 g/mol. The van der Waals surface area contributed by atoms with Gasteiger partial charge in [-0.2, -0.15) is 0 Å². The molecule has 3 fully saturated rings. The molecule has 4 heteroatoms. The van der Waals surface area contributed by atoms with Crippen LogP contribution in [0.2, 0.25) is 0 Å². The Hall–Kier alpha value is -0.920. The molecule has 1 aromatic rings. The largest absolute Gasteiger partial charge is 0.324 e. The maximum absolute atomic E-state index is 13.6. The molecule has 3 aliphatic rings. The summed E-state index contributed by atoms with van der Waals surface area (Å²) in [5.41, 5.74) is 0. The van der Waals surface area contributed by atoms with Crippen LogP contribution < -0.4 is 5.30 Å². The van der Waals surface area contributed by atoms with Crippen LogP contribution in [0.3, 0.4) is 0 Å². The molecule has 100 valence electrons. The molecule has 1 saturated heterocycles. The summed E-state index contributed by atoms with van der Waals surface area (Å²) >= 11 is 0. The Morgan fingerprint density at radius 2 is 2.00 bits per heavy atom. The first-order valence-electron chi connectivity index (χ1n) is 6.93. The minimum absolute atomic E-state index is 0.00506. The lowest BCUT2D eigenvalue weighted by atomic mass is 9.88. The molecule has 0 radical (unpaired) electrons. The maximum Gasteiger partial charge on any atom is 0.238 e. The van der Waals surface area contributed by atoms with Crippen LogP contribution in [-0.2, 0) is 13.9 Å². The van der Waals surface area contributed by atoms with Crippen molar-refractivity contribution in [2.75, 3.05) is 6.61 Å². The van der Waals surface area contributed by atoms with Crippen LogP contribution in [0.5, 0.6) is 0 Å². The van der Waals surface area contributed by atoms with Crippen LogP contribution >= 0.6 is 7.37 Å². The Labute approximate surface area is 112 Å². The van der Waals surface area contributed by atoms with Gasteiger partial charge in [-0.1, -0.05) is 18.2 Å². The molecule has 1 aliphatic heterocycles. The van der Waals surface area contributed by atoms with E-state index in [9.17, 15) is 9.36 Å². The van der Waals surface area contributed by atoms with E-state index in [1.165, 1.54) is 0 Å². The van der Waals surface area contributed by atoms with Gasteiger partial charge in [0.1, 0.15) is 5.78 Å². The van der Waals surface area contributed by atoms with Crippen LogP contribution in [0, 0.1) is 17.8 Å². The second-order valence-corrected chi connectivity index (χ2v) is 9.00. The van der Waals surface area contributed by atoms with E-state index in [2.05, 4.69) is 0 Å². The molecule has 0 amide bonds. The van der Waals surface area contributed by atoms with Crippen LogP contribution in [-0.4, -0.2) is 17.5 Å². The molecule has 1 heterocycles. The van der Waals surface area contributed by atoms with Gasteiger partial charge in [0.05, 0.1) is 11.8 Å². The number of carbonyl (C=O) groups excluding carboxylic acids is 1. The third-order valence-corrected chi connectivity index (χ3v) is 8.99. The highest BCUT2D eigenvalue weighted by Gasteiger charge is 2.72. The summed E-state index contributed by atoms with van der Waals surface area (Å²) in [6.07, 6.45) is 1.91. The van der Waals surface area contributed by atoms with E-state index in [-0.39, 0.29) is 17.8 Å². The Bertz CT molecular complexity index is 597. The van der Waals surface area contributed by atoms with Crippen LogP contribution in [0.25, 0.3) is 0 Å². The summed E-state index contributed by atoms with van der Waals surface area (Å²) < 4.78 is 19.4. The molecular weight excluding hydrogens is 259 g/mol. The van der Waals surface area contributed by atoms with E-state index < -0.39 is 12.5 Å². The summed E-state index contributed by atoms with van der Waals surface area (Å²) in [7, 11) is -2.95. The Kier molecular flexibility index (Phi) is 2.24. The fraction of sp³-hybridized carbons (Fsp3) is 0.533. The third-order valence-electron chi connectivity index (χ3n) is 5.58. The van der Waals surface area contributed by atoms with Crippen molar-refractivity contribution in [2.24, 2.45) is 17.8 Å². The molecule has 2 saturated carbocycles. The van der Waals surface area contributed by atoms with Crippen molar-refractivity contribution in [3.63, 3.8) is 0 Å². The maximum atomic E-state index is 13.6. The van der Waals surface area contributed by atoms with Crippen molar-refractivity contribution in [3.05, 3.63) is 30.3 Å². The highest BCUT2D eigenvalue weighted by molar-refractivity contribution is 7.68. The van der Waals surface area contributed by atoms with E-state index in [0.29, 0.717) is 12.4 Å². The summed E-state index contributed by atoms with van der Waals surface area (Å²) in [6, 6.07) is 9.47. The SMILES string of the molecule is CC12C3CCC1[C@@H](COP2(=O)c1ccccc1)C3=O. The zero-order valence-corrected chi connectivity index (χ0v) is 11.8. The summed E-state index contributed by atoms with van der Waals surface area (Å²) in [6.45, 7) is 2.38. The van der Waals surface area contributed by atoms with Gasteiger partial charge in [0, 0.05) is 17.1 Å².